The summed E-state index contributed by atoms with van der Waals surface area (Å²) in [7, 11) is 0. The zero-order valence-electron chi connectivity index (χ0n) is 11.5. The number of nitrogens with one attached hydrogen (secondary N) is 1. The minimum atomic E-state index is -0.510. The van der Waals surface area contributed by atoms with Gasteiger partial charge in [0.05, 0.1) is 12.6 Å². The average Bonchev–Trinajstić information content (AvgIpc) is 2.63. The fraction of sp³-hybridized carbons (Fsp3) is 0.833. The molecule has 1 N–H and O–H groups in total. The molecule has 1 rings (SSSR count). The van der Waals surface area contributed by atoms with E-state index in [-0.39, 0.29) is 12.1 Å². The number of nitrogens with zero attached hydrogens (tertiary/aromatic N) is 1. The summed E-state index contributed by atoms with van der Waals surface area (Å²) in [6, 6.07) is -0.0655. The molecule has 1 atom stereocenters. The highest BCUT2D eigenvalue weighted by atomic mass is 16.6. The van der Waals surface area contributed by atoms with E-state index in [0.29, 0.717) is 19.7 Å². The summed E-state index contributed by atoms with van der Waals surface area (Å²) < 4.78 is 10.1. The van der Waals surface area contributed by atoms with Crippen molar-refractivity contribution in [1.82, 2.24) is 10.2 Å². The van der Waals surface area contributed by atoms with Crippen LogP contribution in [-0.2, 0) is 9.47 Å². The summed E-state index contributed by atoms with van der Waals surface area (Å²) in [5.74, 6) is 0. The Bertz CT molecular complexity index is 312. The van der Waals surface area contributed by atoms with Gasteiger partial charge in [0, 0.05) is 13.1 Å². The molecule has 104 valence electrons. The molecule has 6 nitrogen and oxygen atoms in total. The zero-order chi connectivity index (χ0) is 13.8. The van der Waals surface area contributed by atoms with Gasteiger partial charge in [0.1, 0.15) is 5.60 Å². The molecule has 0 radical (unpaired) electrons. The van der Waals surface area contributed by atoms with E-state index in [0.717, 1.165) is 6.42 Å². The summed E-state index contributed by atoms with van der Waals surface area (Å²) in [6.45, 7) is 8.63. The molecule has 0 spiro atoms. The Balaban J connectivity index is 2.34. The van der Waals surface area contributed by atoms with Gasteiger partial charge in [-0.15, -0.1) is 0 Å². The first-order valence-electron chi connectivity index (χ1n) is 6.23. The van der Waals surface area contributed by atoms with Crippen LogP contribution in [0.15, 0.2) is 0 Å². The van der Waals surface area contributed by atoms with E-state index in [4.69, 9.17) is 9.47 Å². The van der Waals surface area contributed by atoms with Crippen LogP contribution >= 0.6 is 0 Å². The molecule has 0 unspecified atom stereocenters. The number of alkyl carbamates (subject to hydrolysis) is 1. The fourth-order valence-electron chi connectivity index (χ4n) is 1.73. The molecule has 1 aliphatic rings. The molecule has 1 aliphatic heterocycles. The molecule has 1 fully saturated rings. The molecule has 0 aliphatic carbocycles. The van der Waals surface area contributed by atoms with Crippen LogP contribution in [0.1, 0.15) is 34.1 Å². The number of carbonyl (C=O) groups is 2. The van der Waals surface area contributed by atoms with E-state index < -0.39 is 11.7 Å². The van der Waals surface area contributed by atoms with Gasteiger partial charge >= 0.3 is 12.2 Å². The lowest BCUT2D eigenvalue weighted by Crippen LogP contribution is -2.41. The van der Waals surface area contributed by atoms with Crippen LogP contribution < -0.4 is 5.32 Å². The third-order valence-corrected chi connectivity index (χ3v) is 2.44. The molecule has 18 heavy (non-hydrogen) atoms. The van der Waals surface area contributed by atoms with Crippen molar-refractivity contribution in [2.45, 2.75) is 45.8 Å². The largest absolute Gasteiger partial charge is 0.450 e. The number of likely N-dealkylation sites (tertiary alicyclic amines) is 1. The van der Waals surface area contributed by atoms with Gasteiger partial charge in [-0.25, -0.2) is 9.59 Å². The second-order valence-electron chi connectivity index (χ2n) is 5.28. The minimum Gasteiger partial charge on any atom is -0.450 e. The van der Waals surface area contributed by atoms with Crippen molar-refractivity contribution in [2.24, 2.45) is 0 Å². The smallest absolute Gasteiger partial charge is 0.409 e. The first-order chi connectivity index (χ1) is 8.31. The van der Waals surface area contributed by atoms with E-state index in [1.807, 2.05) is 20.8 Å². The highest BCUT2D eigenvalue weighted by Gasteiger charge is 2.29. The monoisotopic (exact) mass is 258 g/mol. The number of ether oxygens (including phenoxy) is 2. The zero-order valence-corrected chi connectivity index (χ0v) is 11.5. The predicted molar refractivity (Wildman–Crippen MR) is 66.4 cm³/mol. The molecule has 1 heterocycles. The lowest BCUT2D eigenvalue weighted by Gasteiger charge is -2.21. The van der Waals surface area contributed by atoms with Crippen LogP contribution in [-0.4, -0.2) is 48.4 Å². The van der Waals surface area contributed by atoms with Crippen molar-refractivity contribution < 1.29 is 19.1 Å². The Labute approximate surface area is 108 Å². The molecule has 0 saturated carbocycles. The van der Waals surface area contributed by atoms with Crippen molar-refractivity contribution in [2.75, 3.05) is 19.7 Å². The van der Waals surface area contributed by atoms with E-state index in [2.05, 4.69) is 5.32 Å². The second-order valence-corrected chi connectivity index (χ2v) is 5.28. The van der Waals surface area contributed by atoms with Crippen LogP contribution in [0.2, 0.25) is 0 Å². The van der Waals surface area contributed by atoms with Crippen LogP contribution in [0.4, 0.5) is 9.59 Å². The Hall–Kier alpha value is -1.46. The maximum Gasteiger partial charge on any atom is 0.409 e. The van der Waals surface area contributed by atoms with Crippen LogP contribution in [0.3, 0.4) is 0 Å². The first kappa shape index (κ1) is 14.6. The maximum absolute atomic E-state index is 11.5. The minimum absolute atomic E-state index is 0.0655. The van der Waals surface area contributed by atoms with Crippen LogP contribution in [0.25, 0.3) is 0 Å². The third kappa shape index (κ3) is 4.81. The molecule has 0 aromatic carbocycles. The van der Waals surface area contributed by atoms with E-state index >= 15 is 0 Å². The van der Waals surface area contributed by atoms with Gasteiger partial charge in [0.25, 0.3) is 0 Å². The molecule has 0 aromatic heterocycles. The first-order valence-corrected chi connectivity index (χ1v) is 6.23. The molecular formula is C12H22N2O4. The number of hydrogen-bond donors (Lipinski definition) is 1. The summed E-state index contributed by atoms with van der Waals surface area (Å²) in [4.78, 5) is 24.6. The predicted octanol–water partition coefficient (Wildman–Crippen LogP) is 1.74. The lowest BCUT2D eigenvalue weighted by atomic mass is 10.2. The fourth-order valence-corrected chi connectivity index (χ4v) is 1.73. The van der Waals surface area contributed by atoms with Crippen LogP contribution in [0, 0.1) is 0 Å². The SMILES string of the molecule is CCOC(=O)N1CC[C@H](NC(=O)OC(C)(C)C)C1. The van der Waals surface area contributed by atoms with Crippen molar-refractivity contribution in [3.05, 3.63) is 0 Å². The standard InChI is InChI=1S/C12H22N2O4/c1-5-17-11(16)14-7-6-9(8-14)13-10(15)18-12(2,3)4/h9H,5-8H2,1-4H3,(H,13,15)/t9-/m0/s1. The lowest BCUT2D eigenvalue weighted by molar-refractivity contribution is 0.0503. The molecular weight excluding hydrogens is 236 g/mol. The van der Waals surface area contributed by atoms with Crippen molar-refractivity contribution >= 4 is 12.2 Å². The third-order valence-electron chi connectivity index (χ3n) is 2.44. The second kappa shape index (κ2) is 5.93. The Morgan fingerprint density at radius 3 is 2.61 bits per heavy atom. The van der Waals surface area contributed by atoms with Gasteiger partial charge in [-0.1, -0.05) is 0 Å². The van der Waals surface area contributed by atoms with Crippen molar-refractivity contribution in [1.29, 1.82) is 0 Å². The van der Waals surface area contributed by atoms with Gasteiger partial charge in [-0.05, 0) is 34.1 Å². The number of rotatable bonds is 2. The Morgan fingerprint density at radius 1 is 1.39 bits per heavy atom. The summed E-state index contributed by atoms with van der Waals surface area (Å²) in [6.07, 6.45) is -0.0536. The van der Waals surface area contributed by atoms with Crippen LogP contribution in [0.5, 0.6) is 0 Å². The van der Waals surface area contributed by atoms with E-state index in [1.54, 1.807) is 11.8 Å². The summed E-state index contributed by atoms with van der Waals surface area (Å²) >= 11 is 0. The molecule has 0 aromatic rings. The number of hydrogen-bond acceptors (Lipinski definition) is 4. The van der Waals surface area contributed by atoms with Gasteiger partial charge in [-0.3, -0.25) is 0 Å². The summed E-state index contributed by atoms with van der Waals surface area (Å²) in [5, 5.41) is 2.75. The van der Waals surface area contributed by atoms with Gasteiger partial charge in [-0.2, -0.15) is 0 Å². The molecule has 1 saturated heterocycles. The van der Waals surface area contributed by atoms with Gasteiger partial charge in [0.2, 0.25) is 0 Å². The summed E-state index contributed by atoms with van der Waals surface area (Å²) in [5.41, 5.74) is -0.510. The topological polar surface area (TPSA) is 67.9 Å². The number of amides is 2. The highest BCUT2D eigenvalue weighted by molar-refractivity contribution is 5.70. The van der Waals surface area contributed by atoms with Crippen molar-refractivity contribution in [3.63, 3.8) is 0 Å². The Kier molecular flexibility index (Phi) is 4.81. The molecule has 6 heteroatoms. The molecule has 0 bridgehead atoms. The average molecular weight is 258 g/mol. The maximum atomic E-state index is 11.5. The van der Waals surface area contributed by atoms with Gasteiger partial charge in [0.15, 0.2) is 0 Å². The molecule has 2 amide bonds. The van der Waals surface area contributed by atoms with Crippen molar-refractivity contribution in [3.8, 4) is 0 Å². The van der Waals surface area contributed by atoms with Gasteiger partial charge < -0.3 is 19.7 Å². The quantitative estimate of drug-likeness (QED) is 0.819. The Morgan fingerprint density at radius 2 is 2.06 bits per heavy atom. The van der Waals surface area contributed by atoms with E-state index in [1.165, 1.54) is 0 Å². The number of carbonyl (C=O) groups excluding carboxylic acids is 2. The highest BCUT2D eigenvalue weighted by Crippen LogP contribution is 2.12. The van der Waals surface area contributed by atoms with E-state index in [9.17, 15) is 9.59 Å². The normalized spacial score (nSPS) is 19.6.